The molecule has 1 aromatic carbocycles. The van der Waals surface area contributed by atoms with Crippen LogP contribution >= 0.6 is 0 Å². The minimum atomic E-state index is -0.697. The van der Waals surface area contributed by atoms with E-state index in [0.717, 1.165) is 0 Å². The molecule has 5 nitrogen and oxygen atoms in total. The van der Waals surface area contributed by atoms with Crippen LogP contribution in [0.1, 0.15) is 16.8 Å². The Kier molecular flexibility index (Phi) is 3.62. The maximum Gasteiger partial charge on any atom is 0.328 e. The molecule has 0 radical (unpaired) electrons. The lowest BCUT2D eigenvalue weighted by atomic mass is 10.1. The standard InChI is InChI=1S/C13H15NO4/c1-18-13(17)11-7-10(15)8-14(11)12(16)9-5-3-2-4-6-9/h2-6,10-11,15H,7-8H2,1H3/t10?,11-/m0/s1. The molecule has 0 aliphatic carbocycles. The second-order valence-corrected chi connectivity index (χ2v) is 4.25. The topological polar surface area (TPSA) is 66.8 Å². The number of esters is 1. The number of aliphatic hydroxyl groups excluding tert-OH is 1. The average Bonchev–Trinajstić information content (AvgIpc) is 2.80. The van der Waals surface area contributed by atoms with Gasteiger partial charge in [0.05, 0.1) is 13.2 Å². The number of ether oxygens (including phenoxy) is 1. The fourth-order valence-electron chi connectivity index (χ4n) is 2.14. The molecule has 1 saturated heterocycles. The zero-order chi connectivity index (χ0) is 13.1. The van der Waals surface area contributed by atoms with Crippen LogP contribution in [0.15, 0.2) is 30.3 Å². The number of benzene rings is 1. The van der Waals surface area contributed by atoms with Gasteiger partial charge in [-0.25, -0.2) is 4.79 Å². The van der Waals surface area contributed by atoms with Gasteiger partial charge in [-0.05, 0) is 12.1 Å². The molecule has 2 atom stereocenters. The molecule has 1 aliphatic heterocycles. The summed E-state index contributed by atoms with van der Waals surface area (Å²) in [5.74, 6) is -0.751. The molecule has 0 aromatic heterocycles. The second kappa shape index (κ2) is 5.18. The summed E-state index contributed by atoms with van der Waals surface area (Å²) < 4.78 is 4.65. The molecule has 1 fully saturated rings. The maximum atomic E-state index is 12.2. The van der Waals surface area contributed by atoms with E-state index in [2.05, 4.69) is 4.74 Å². The van der Waals surface area contributed by atoms with E-state index >= 15 is 0 Å². The van der Waals surface area contributed by atoms with Crippen molar-refractivity contribution >= 4 is 11.9 Å². The quantitative estimate of drug-likeness (QED) is 0.772. The molecule has 1 aliphatic rings. The van der Waals surface area contributed by atoms with Gasteiger partial charge in [-0.2, -0.15) is 0 Å². The number of nitrogens with zero attached hydrogens (tertiary/aromatic N) is 1. The van der Waals surface area contributed by atoms with Crippen molar-refractivity contribution in [3.8, 4) is 0 Å². The van der Waals surface area contributed by atoms with E-state index in [1.165, 1.54) is 12.0 Å². The summed E-state index contributed by atoms with van der Waals surface area (Å²) in [4.78, 5) is 25.2. The molecular formula is C13H15NO4. The van der Waals surface area contributed by atoms with Gasteiger partial charge in [0, 0.05) is 18.5 Å². The van der Waals surface area contributed by atoms with Gasteiger partial charge in [-0.15, -0.1) is 0 Å². The van der Waals surface area contributed by atoms with Gasteiger partial charge in [0.15, 0.2) is 0 Å². The van der Waals surface area contributed by atoms with Crippen LogP contribution in [-0.2, 0) is 9.53 Å². The van der Waals surface area contributed by atoms with Crippen LogP contribution in [-0.4, -0.2) is 47.7 Å². The zero-order valence-electron chi connectivity index (χ0n) is 10.1. The van der Waals surface area contributed by atoms with Crippen LogP contribution in [0.4, 0.5) is 0 Å². The smallest absolute Gasteiger partial charge is 0.328 e. The fraction of sp³-hybridized carbons (Fsp3) is 0.385. The number of β-amino-alcohol motifs (C(OH)–C–C–N with tert-alkyl or cyclic N) is 1. The van der Waals surface area contributed by atoms with E-state index in [0.29, 0.717) is 5.56 Å². The van der Waals surface area contributed by atoms with Crippen LogP contribution in [0.2, 0.25) is 0 Å². The Morgan fingerprint density at radius 1 is 1.33 bits per heavy atom. The highest BCUT2D eigenvalue weighted by atomic mass is 16.5. The number of aliphatic hydroxyl groups is 1. The van der Waals surface area contributed by atoms with Crippen LogP contribution in [0.5, 0.6) is 0 Å². The minimum absolute atomic E-state index is 0.160. The summed E-state index contributed by atoms with van der Waals surface area (Å²) in [5, 5.41) is 9.61. The first kappa shape index (κ1) is 12.6. The van der Waals surface area contributed by atoms with Crippen molar-refractivity contribution in [2.45, 2.75) is 18.6 Å². The molecule has 1 heterocycles. The third-order valence-corrected chi connectivity index (χ3v) is 3.03. The summed E-state index contributed by atoms with van der Waals surface area (Å²) in [6.07, 6.45) is -0.451. The maximum absolute atomic E-state index is 12.2. The van der Waals surface area contributed by atoms with Crippen molar-refractivity contribution in [3.05, 3.63) is 35.9 Å². The minimum Gasteiger partial charge on any atom is -0.467 e. The summed E-state index contributed by atoms with van der Waals surface area (Å²) in [6.45, 7) is 0.160. The highest BCUT2D eigenvalue weighted by Crippen LogP contribution is 2.21. The van der Waals surface area contributed by atoms with Crippen LogP contribution < -0.4 is 0 Å². The largest absolute Gasteiger partial charge is 0.467 e. The fourth-order valence-corrected chi connectivity index (χ4v) is 2.14. The second-order valence-electron chi connectivity index (χ2n) is 4.25. The van der Waals surface area contributed by atoms with Gasteiger partial charge >= 0.3 is 5.97 Å². The van der Waals surface area contributed by atoms with Crippen LogP contribution in [0.25, 0.3) is 0 Å². The molecule has 0 saturated carbocycles. The third kappa shape index (κ3) is 2.36. The number of hydrogen-bond acceptors (Lipinski definition) is 4. The van der Waals surface area contributed by atoms with Crippen molar-refractivity contribution in [2.75, 3.05) is 13.7 Å². The van der Waals surface area contributed by atoms with Crippen molar-refractivity contribution in [1.82, 2.24) is 4.90 Å². The summed E-state index contributed by atoms with van der Waals surface area (Å²) in [6, 6.07) is 7.99. The summed E-state index contributed by atoms with van der Waals surface area (Å²) >= 11 is 0. The van der Waals surface area contributed by atoms with E-state index < -0.39 is 18.1 Å². The van der Waals surface area contributed by atoms with E-state index in [9.17, 15) is 14.7 Å². The Morgan fingerprint density at radius 3 is 2.61 bits per heavy atom. The van der Waals surface area contributed by atoms with Gasteiger partial charge in [0.2, 0.25) is 0 Å². The normalized spacial score (nSPS) is 22.9. The monoisotopic (exact) mass is 249 g/mol. The Balaban J connectivity index is 2.21. The number of carbonyl (C=O) groups excluding carboxylic acids is 2. The first-order chi connectivity index (χ1) is 8.63. The number of hydrogen-bond donors (Lipinski definition) is 1. The lowest BCUT2D eigenvalue weighted by Gasteiger charge is -2.22. The van der Waals surface area contributed by atoms with E-state index in [4.69, 9.17) is 0 Å². The molecule has 1 aromatic rings. The predicted octanol–water partition coefficient (Wildman–Crippen LogP) is 0.435. The highest BCUT2D eigenvalue weighted by molar-refractivity contribution is 5.97. The van der Waals surface area contributed by atoms with E-state index in [-0.39, 0.29) is 18.9 Å². The average molecular weight is 249 g/mol. The van der Waals surface area contributed by atoms with Gasteiger partial charge in [-0.1, -0.05) is 18.2 Å². The number of likely N-dealkylation sites (tertiary alicyclic amines) is 1. The Bertz CT molecular complexity index is 446. The number of methoxy groups -OCH3 is 1. The molecule has 0 bridgehead atoms. The number of amides is 1. The SMILES string of the molecule is COC(=O)[C@@H]1CC(O)CN1C(=O)c1ccccc1. The predicted molar refractivity (Wildman–Crippen MR) is 63.9 cm³/mol. The molecule has 5 heteroatoms. The van der Waals surface area contributed by atoms with E-state index in [1.54, 1.807) is 24.3 Å². The van der Waals surface area contributed by atoms with Crippen molar-refractivity contribution in [1.29, 1.82) is 0 Å². The Hall–Kier alpha value is -1.88. The molecule has 0 spiro atoms. The van der Waals surface area contributed by atoms with E-state index in [1.807, 2.05) is 6.07 Å². The summed E-state index contributed by atoms with van der Waals surface area (Å²) in [5.41, 5.74) is 0.500. The number of carbonyl (C=O) groups is 2. The van der Waals surface area contributed by atoms with Gasteiger partial charge in [-0.3, -0.25) is 4.79 Å². The molecule has 1 amide bonds. The Labute approximate surface area is 105 Å². The van der Waals surface area contributed by atoms with Crippen molar-refractivity contribution in [2.24, 2.45) is 0 Å². The summed E-state index contributed by atoms with van der Waals surface area (Å²) in [7, 11) is 1.28. The first-order valence-corrected chi connectivity index (χ1v) is 5.75. The lowest BCUT2D eigenvalue weighted by Crippen LogP contribution is -2.41. The highest BCUT2D eigenvalue weighted by Gasteiger charge is 2.39. The molecule has 1 N–H and O–H groups in total. The zero-order valence-corrected chi connectivity index (χ0v) is 10.1. The number of rotatable bonds is 2. The molecular weight excluding hydrogens is 234 g/mol. The van der Waals surface area contributed by atoms with Crippen molar-refractivity contribution < 1.29 is 19.4 Å². The molecule has 96 valence electrons. The Morgan fingerprint density at radius 2 is 2.00 bits per heavy atom. The molecule has 1 unspecified atom stereocenters. The van der Waals surface area contributed by atoms with Gasteiger partial charge in [0.1, 0.15) is 6.04 Å². The molecule has 2 rings (SSSR count). The molecule has 18 heavy (non-hydrogen) atoms. The van der Waals surface area contributed by atoms with Gasteiger partial charge < -0.3 is 14.7 Å². The third-order valence-electron chi connectivity index (χ3n) is 3.03. The van der Waals surface area contributed by atoms with Gasteiger partial charge in [0.25, 0.3) is 5.91 Å². The first-order valence-electron chi connectivity index (χ1n) is 5.75. The lowest BCUT2D eigenvalue weighted by molar-refractivity contribution is -0.145. The van der Waals surface area contributed by atoms with Crippen LogP contribution in [0.3, 0.4) is 0 Å². The van der Waals surface area contributed by atoms with Crippen LogP contribution in [0, 0.1) is 0 Å². The van der Waals surface area contributed by atoms with Crippen molar-refractivity contribution in [3.63, 3.8) is 0 Å².